The molecule has 0 fully saturated rings. The van der Waals surface area contributed by atoms with Crippen molar-refractivity contribution >= 4 is 5.78 Å². The number of carbonyl (C=O) groups excluding carboxylic acids is 1. The molecule has 1 aromatic heterocycles. The summed E-state index contributed by atoms with van der Waals surface area (Å²) in [5, 5.41) is 0. The minimum Gasteiger partial charge on any atom is -0.493 e. The number of para-hydroxylation sites is 1. The predicted molar refractivity (Wildman–Crippen MR) is 71.7 cm³/mol. The number of hydrogen-bond donors (Lipinski definition) is 0. The fourth-order valence-corrected chi connectivity index (χ4v) is 2.56. The SMILES string of the molecule is Cc1cc(C(=O)CC2CCOc3ccccc32)co1. The molecule has 1 aliphatic rings. The van der Waals surface area contributed by atoms with Crippen LogP contribution in [-0.4, -0.2) is 12.4 Å². The maximum atomic E-state index is 12.2. The molecule has 1 unspecified atom stereocenters. The van der Waals surface area contributed by atoms with Gasteiger partial charge < -0.3 is 9.15 Å². The third-order valence-electron chi connectivity index (χ3n) is 3.57. The van der Waals surface area contributed by atoms with E-state index in [2.05, 4.69) is 0 Å². The van der Waals surface area contributed by atoms with Crippen molar-refractivity contribution in [2.75, 3.05) is 6.61 Å². The van der Waals surface area contributed by atoms with Gasteiger partial charge in [0.25, 0.3) is 0 Å². The van der Waals surface area contributed by atoms with E-state index in [0.717, 1.165) is 23.5 Å². The number of carbonyl (C=O) groups is 1. The van der Waals surface area contributed by atoms with Crippen molar-refractivity contribution in [2.24, 2.45) is 0 Å². The maximum absolute atomic E-state index is 12.2. The van der Waals surface area contributed by atoms with Crippen LogP contribution in [0.3, 0.4) is 0 Å². The molecule has 0 N–H and O–H groups in total. The first kappa shape index (κ1) is 12.0. The van der Waals surface area contributed by atoms with Gasteiger partial charge in [0.2, 0.25) is 0 Å². The Hall–Kier alpha value is -2.03. The summed E-state index contributed by atoms with van der Waals surface area (Å²) in [7, 11) is 0. The summed E-state index contributed by atoms with van der Waals surface area (Å²) in [5.74, 6) is 2.07. The number of fused-ring (bicyclic) bond motifs is 1. The molecule has 3 heteroatoms. The highest BCUT2D eigenvalue weighted by atomic mass is 16.5. The highest BCUT2D eigenvalue weighted by molar-refractivity contribution is 5.96. The normalized spacial score (nSPS) is 17.6. The first-order chi connectivity index (χ1) is 9.24. The number of hydrogen-bond acceptors (Lipinski definition) is 3. The number of rotatable bonds is 3. The molecule has 2 heterocycles. The summed E-state index contributed by atoms with van der Waals surface area (Å²) in [5.41, 5.74) is 1.81. The van der Waals surface area contributed by atoms with Crippen molar-refractivity contribution in [2.45, 2.75) is 25.7 Å². The van der Waals surface area contributed by atoms with Crippen molar-refractivity contribution in [3.05, 3.63) is 53.5 Å². The maximum Gasteiger partial charge on any atom is 0.166 e. The zero-order chi connectivity index (χ0) is 13.2. The molecule has 0 aliphatic carbocycles. The topological polar surface area (TPSA) is 39.4 Å². The molecule has 2 aromatic rings. The number of furan rings is 1. The Morgan fingerprint density at radius 2 is 2.21 bits per heavy atom. The summed E-state index contributed by atoms with van der Waals surface area (Å²) >= 11 is 0. The van der Waals surface area contributed by atoms with Crippen LogP contribution in [0.1, 0.15) is 40.4 Å². The lowest BCUT2D eigenvalue weighted by Gasteiger charge is -2.25. The Bertz CT molecular complexity index is 598. The Kier molecular flexibility index (Phi) is 3.11. The van der Waals surface area contributed by atoms with Crippen LogP contribution >= 0.6 is 0 Å². The lowest BCUT2D eigenvalue weighted by molar-refractivity contribution is 0.0965. The first-order valence-electron chi connectivity index (χ1n) is 6.54. The van der Waals surface area contributed by atoms with Gasteiger partial charge in [-0.2, -0.15) is 0 Å². The zero-order valence-electron chi connectivity index (χ0n) is 10.9. The van der Waals surface area contributed by atoms with Crippen LogP contribution in [0.15, 0.2) is 41.0 Å². The van der Waals surface area contributed by atoms with Crippen LogP contribution in [0.25, 0.3) is 0 Å². The molecule has 1 aliphatic heterocycles. The largest absolute Gasteiger partial charge is 0.493 e. The number of Topliss-reactive ketones (excluding diaryl/α,β-unsaturated/α-hetero) is 1. The molecular formula is C16H16O3. The molecular weight excluding hydrogens is 240 g/mol. The molecule has 3 rings (SSSR count). The Labute approximate surface area is 112 Å². The number of benzene rings is 1. The van der Waals surface area contributed by atoms with Crippen LogP contribution in [0.4, 0.5) is 0 Å². The van der Waals surface area contributed by atoms with E-state index in [1.54, 1.807) is 12.3 Å². The molecule has 1 atom stereocenters. The van der Waals surface area contributed by atoms with Gasteiger partial charge in [0.1, 0.15) is 17.8 Å². The average Bonchev–Trinajstić information content (AvgIpc) is 2.86. The van der Waals surface area contributed by atoms with Gasteiger partial charge in [-0.05, 0) is 37.0 Å². The highest BCUT2D eigenvalue weighted by Gasteiger charge is 2.24. The summed E-state index contributed by atoms with van der Waals surface area (Å²) < 4.78 is 10.8. The Morgan fingerprint density at radius 3 is 3.00 bits per heavy atom. The van der Waals surface area contributed by atoms with E-state index < -0.39 is 0 Å². The zero-order valence-corrected chi connectivity index (χ0v) is 10.9. The molecule has 0 bridgehead atoms. The molecule has 1 aromatic carbocycles. The molecule has 0 radical (unpaired) electrons. The molecule has 3 nitrogen and oxygen atoms in total. The lowest BCUT2D eigenvalue weighted by atomic mass is 9.88. The minimum absolute atomic E-state index is 0.138. The van der Waals surface area contributed by atoms with Crippen LogP contribution in [0.2, 0.25) is 0 Å². The molecule has 19 heavy (non-hydrogen) atoms. The smallest absolute Gasteiger partial charge is 0.166 e. The fraction of sp³-hybridized carbons (Fsp3) is 0.312. The first-order valence-corrected chi connectivity index (χ1v) is 6.54. The van der Waals surface area contributed by atoms with Crippen LogP contribution in [0, 0.1) is 6.92 Å². The molecule has 0 saturated heterocycles. The molecule has 98 valence electrons. The summed E-state index contributed by atoms with van der Waals surface area (Å²) in [6, 6.07) is 9.77. The van der Waals surface area contributed by atoms with Gasteiger partial charge in [-0.3, -0.25) is 4.79 Å². The van der Waals surface area contributed by atoms with Gasteiger partial charge in [0.05, 0.1) is 12.2 Å². The number of ketones is 1. The summed E-state index contributed by atoms with van der Waals surface area (Å²) in [4.78, 5) is 12.2. The van der Waals surface area contributed by atoms with Crippen LogP contribution < -0.4 is 4.74 Å². The van der Waals surface area contributed by atoms with E-state index >= 15 is 0 Å². The molecule has 0 spiro atoms. The van der Waals surface area contributed by atoms with Gasteiger partial charge >= 0.3 is 0 Å². The van der Waals surface area contributed by atoms with Crippen molar-refractivity contribution < 1.29 is 13.9 Å². The number of ether oxygens (including phenoxy) is 1. The second-order valence-electron chi connectivity index (χ2n) is 4.95. The van der Waals surface area contributed by atoms with Crippen molar-refractivity contribution in [1.82, 2.24) is 0 Å². The third kappa shape index (κ3) is 2.41. The van der Waals surface area contributed by atoms with Gasteiger partial charge in [0, 0.05) is 6.42 Å². The monoisotopic (exact) mass is 256 g/mol. The van der Waals surface area contributed by atoms with E-state index in [1.165, 1.54) is 0 Å². The van der Waals surface area contributed by atoms with Crippen molar-refractivity contribution in [1.29, 1.82) is 0 Å². The molecule has 0 amide bonds. The average molecular weight is 256 g/mol. The second kappa shape index (κ2) is 4.92. The van der Waals surface area contributed by atoms with Crippen molar-refractivity contribution in [3.8, 4) is 5.75 Å². The summed E-state index contributed by atoms with van der Waals surface area (Å²) in [6.45, 7) is 2.53. The predicted octanol–water partition coefficient (Wildman–Crippen LogP) is 3.73. The van der Waals surface area contributed by atoms with E-state index in [9.17, 15) is 4.79 Å². The molecule has 0 saturated carbocycles. The van der Waals surface area contributed by atoms with Crippen molar-refractivity contribution in [3.63, 3.8) is 0 Å². The minimum atomic E-state index is 0.138. The van der Waals surface area contributed by atoms with Crippen LogP contribution in [-0.2, 0) is 0 Å². The van der Waals surface area contributed by atoms with E-state index in [0.29, 0.717) is 18.6 Å². The number of aryl methyl sites for hydroxylation is 1. The van der Waals surface area contributed by atoms with Crippen LogP contribution in [0.5, 0.6) is 5.75 Å². The second-order valence-corrected chi connectivity index (χ2v) is 4.95. The highest BCUT2D eigenvalue weighted by Crippen LogP contribution is 2.36. The summed E-state index contributed by atoms with van der Waals surface area (Å²) in [6.07, 6.45) is 2.95. The standard InChI is InChI=1S/C16H16O3/c1-11-8-13(10-19-11)15(17)9-12-6-7-18-16-5-3-2-4-14(12)16/h2-5,8,10,12H,6-7,9H2,1H3. The fourth-order valence-electron chi connectivity index (χ4n) is 2.56. The van der Waals surface area contributed by atoms with Gasteiger partial charge in [0.15, 0.2) is 5.78 Å². The van der Waals surface area contributed by atoms with E-state index in [1.807, 2.05) is 31.2 Å². The van der Waals surface area contributed by atoms with Gasteiger partial charge in [-0.15, -0.1) is 0 Å². The Morgan fingerprint density at radius 1 is 1.37 bits per heavy atom. The van der Waals surface area contributed by atoms with Gasteiger partial charge in [-0.25, -0.2) is 0 Å². The van der Waals surface area contributed by atoms with E-state index in [-0.39, 0.29) is 11.7 Å². The quantitative estimate of drug-likeness (QED) is 0.785. The Balaban J connectivity index is 1.79. The van der Waals surface area contributed by atoms with Gasteiger partial charge in [-0.1, -0.05) is 18.2 Å². The lowest BCUT2D eigenvalue weighted by Crippen LogP contribution is -2.17. The van der Waals surface area contributed by atoms with E-state index in [4.69, 9.17) is 9.15 Å². The third-order valence-corrected chi connectivity index (χ3v) is 3.57.